The number of anilines is 1. The van der Waals surface area contributed by atoms with Gasteiger partial charge in [-0.3, -0.25) is 9.59 Å². The summed E-state index contributed by atoms with van der Waals surface area (Å²) < 4.78 is 5.48. The quantitative estimate of drug-likeness (QED) is 0.731. The molecule has 2 N–H and O–H groups in total. The summed E-state index contributed by atoms with van der Waals surface area (Å²) in [5, 5.41) is 3.78. The molecule has 5 nitrogen and oxygen atoms in total. The van der Waals surface area contributed by atoms with Gasteiger partial charge in [-0.25, -0.2) is 0 Å². The molecule has 0 fully saturated rings. The lowest BCUT2D eigenvalue weighted by Crippen LogP contribution is -2.20. The number of hydrogen-bond donors (Lipinski definition) is 2. The van der Waals surface area contributed by atoms with E-state index in [2.05, 4.69) is 10.3 Å². The monoisotopic (exact) mass is 350 g/mol. The first-order chi connectivity index (χ1) is 12.4. The van der Waals surface area contributed by atoms with Gasteiger partial charge < -0.3 is 15.0 Å². The molecule has 3 rings (SSSR count). The molecule has 0 aliphatic rings. The van der Waals surface area contributed by atoms with Crippen LogP contribution in [0, 0.1) is 6.92 Å². The molecule has 0 radical (unpaired) electrons. The fourth-order valence-corrected chi connectivity index (χ4v) is 2.82. The van der Waals surface area contributed by atoms with E-state index in [1.165, 1.54) is 0 Å². The Morgan fingerprint density at radius 2 is 1.85 bits per heavy atom. The number of hydrogen-bond acceptors (Lipinski definition) is 3. The Bertz CT molecular complexity index is 988. The van der Waals surface area contributed by atoms with Crippen molar-refractivity contribution in [3.05, 3.63) is 70.0 Å². The third kappa shape index (κ3) is 4.11. The van der Waals surface area contributed by atoms with E-state index in [1.54, 1.807) is 12.1 Å². The van der Waals surface area contributed by atoms with Crippen molar-refractivity contribution in [2.24, 2.45) is 0 Å². The largest absolute Gasteiger partial charge is 0.484 e. The summed E-state index contributed by atoms with van der Waals surface area (Å²) in [6.45, 7) is 6.01. The lowest BCUT2D eigenvalue weighted by atomic mass is 9.99. The predicted molar refractivity (Wildman–Crippen MR) is 104 cm³/mol. The van der Waals surface area contributed by atoms with Gasteiger partial charge in [-0.15, -0.1) is 0 Å². The van der Waals surface area contributed by atoms with Crippen molar-refractivity contribution in [1.82, 2.24) is 4.98 Å². The van der Waals surface area contributed by atoms with Crippen LogP contribution in [0.4, 0.5) is 5.69 Å². The lowest BCUT2D eigenvalue weighted by molar-refractivity contribution is -0.118. The molecule has 5 heteroatoms. The summed E-state index contributed by atoms with van der Waals surface area (Å²) >= 11 is 0. The number of amides is 1. The van der Waals surface area contributed by atoms with E-state index >= 15 is 0 Å². The van der Waals surface area contributed by atoms with Gasteiger partial charge in [-0.2, -0.15) is 0 Å². The van der Waals surface area contributed by atoms with Gasteiger partial charge in [0, 0.05) is 17.1 Å². The van der Waals surface area contributed by atoms with Gasteiger partial charge in [-0.05, 0) is 42.7 Å². The highest BCUT2D eigenvalue weighted by Crippen LogP contribution is 2.24. The van der Waals surface area contributed by atoms with Gasteiger partial charge in [0.05, 0.1) is 5.52 Å². The Labute approximate surface area is 152 Å². The smallest absolute Gasteiger partial charge is 0.262 e. The Kier molecular flexibility index (Phi) is 5.07. The lowest BCUT2D eigenvalue weighted by Gasteiger charge is -2.12. The summed E-state index contributed by atoms with van der Waals surface area (Å²) in [5.41, 5.74) is 3.30. The number of aryl methyl sites for hydroxylation is 1. The number of carbonyl (C=O) groups excluding carboxylic acids is 1. The molecule has 2 aromatic carbocycles. The molecule has 0 unspecified atom stereocenters. The highest BCUT2D eigenvalue weighted by molar-refractivity contribution is 5.95. The molecular formula is C21H22N2O3. The maximum absolute atomic E-state index is 12.1. The van der Waals surface area contributed by atoms with Crippen LogP contribution in [0.15, 0.2) is 53.3 Å². The zero-order valence-corrected chi connectivity index (χ0v) is 15.1. The van der Waals surface area contributed by atoms with Crippen molar-refractivity contribution in [2.45, 2.75) is 26.7 Å². The van der Waals surface area contributed by atoms with Crippen molar-refractivity contribution in [2.75, 3.05) is 11.9 Å². The van der Waals surface area contributed by atoms with Crippen LogP contribution < -0.4 is 15.6 Å². The number of nitrogens with one attached hydrogen (secondary N) is 2. The van der Waals surface area contributed by atoms with E-state index in [4.69, 9.17) is 4.74 Å². The second-order valence-electron chi connectivity index (χ2n) is 6.65. The molecule has 1 heterocycles. The maximum Gasteiger partial charge on any atom is 0.262 e. The molecule has 1 aromatic heterocycles. The van der Waals surface area contributed by atoms with Crippen LogP contribution in [-0.4, -0.2) is 17.5 Å². The van der Waals surface area contributed by atoms with E-state index in [0.717, 1.165) is 16.5 Å². The van der Waals surface area contributed by atoms with Crippen molar-refractivity contribution in [3.8, 4) is 5.75 Å². The van der Waals surface area contributed by atoms with Crippen LogP contribution in [0.2, 0.25) is 0 Å². The summed E-state index contributed by atoms with van der Waals surface area (Å²) in [4.78, 5) is 26.8. The second-order valence-corrected chi connectivity index (χ2v) is 6.65. The van der Waals surface area contributed by atoms with Crippen molar-refractivity contribution < 1.29 is 9.53 Å². The van der Waals surface area contributed by atoms with Crippen LogP contribution in [-0.2, 0) is 4.79 Å². The summed E-state index contributed by atoms with van der Waals surface area (Å²) in [6, 6.07) is 14.7. The molecular weight excluding hydrogens is 328 g/mol. The first kappa shape index (κ1) is 17.7. The highest BCUT2D eigenvalue weighted by Gasteiger charge is 2.09. The maximum atomic E-state index is 12.1. The molecule has 0 bridgehead atoms. The minimum Gasteiger partial charge on any atom is -0.484 e. The van der Waals surface area contributed by atoms with Gasteiger partial charge in [0.25, 0.3) is 5.91 Å². The number of pyridine rings is 1. The normalized spacial score (nSPS) is 10.9. The Morgan fingerprint density at radius 3 is 2.54 bits per heavy atom. The van der Waals surface area contributed by atoms with Gasteiger partial charge in [-0.1, -0.05) is 37.6 Å². The number of carbonyl (C=O) groups is 1. The molecule has 0 saturated carbocycles. The highest BCUT2D eigenvalue weighted by atomic mass is 16.5. The molecule has 0 aliphatic heterocycles. The van der Waals surface area contributed by atoms with Crippen molar-refractivity contribution >= 4 is 22.5 Å². The van der Waals surface area contributed by atoms with E-state index in [9.17, 15) is 9.59 Å². The van der Waals surface area contributed by atoms with Crippen LogP contribution >= 0.6 is 0 Å². The molecule has 3 aromatic rings. The number of aromatic amines is 1. The van der Waals surface area contributed by atoms with Crippen LogP contribution in [0.25, 0.3) is 10.9 Å². The van der Waals surface area contributed by atoms with Gasteiger partial charge >= 0.3 is 0 Å². The first-order valence-electron chi connectivity index (χ1n) is 8.58. The van der Waals surface area contributed by atoms with Crippen LogP contribution in [0.1, 0.15) is 30.9 Å². The van der Waals surface area contributed by atoms with Crippen molar-refractivity contribution in [1.29, 1.82) is 0 Å². The molecule has 0 aliphatic carbocycles. The second kappa shape index (κ2) is 7.44. The summed E-state index contributed by atoms with van der Waals surface area (Å²) in [5.74, 6) is 0.630. The fourth-order valence-electron chi connectivity index (χ4n) is 2.82. The number of rotatable bonds is 5. The number of H-pyrrole nitrogens is 1. The fraction of sp³-hybridized carbons (Fsp3) is 0.238. The molecule has 0 spiro atoms. The Morgan fingerprint density at radius 1 is 1.12 bits per heavy atom. The average Bonchev–Trinajstić information content (AvgIpc) is 2.60. The van der Waals surface area contributed by atoms with Crippen LogP contribution in [0.3, 0.4) is 0 Å². The number of fused-ring (bicyclic) bond motifs is 1. The minimum absolute atomic E-state index is 0.0797. The van der Waals surface area contributed by atoms with E-state index in [-0.39, 0.29) is 24.0 Å². The molecule has 0 saturated heterocycles. The zero-order chi connectivity index (χ0) is 18.7. The standard InChI is InChI=1S/C21H22N2O3/c1-13(2)18-11-20(24)23-19-10-15(6-9-17(18)19)22-21(25)12-26-16-7-4-14(3)5-8-16/h4-11,13H,12H2,1-3H3,(H,22,25)(H,23,24). The summed E-state index contributed by atoms with van der Waals surface area (Å²) in [7, 11) is 0. The minimum atomic E-state index is -0.257. The molecule has 134 valence electrons. The SMILES string of the molecule is Cc1ccc(OCC(=O)Nc2ccc3c(C(C)C)cc(=O)[nH]c3c2)cc1. The van der Waals surface area contributed by atoms with Gasteiger partial charge in [0.15, 0.2) is 6.61 Å². The first-order valence-corrected chi connectivity index (χ1v) is 8.58. The van der Waals surface area contributed by atoms with Gasteiger partial charge in [0.1, 0.15) is 5.75 Å². The predicted octanol–water partition coefficient (Wildman–Crippen LogP) is 3.98. The zero-order valence-electron chi connectivity index (χ0n) is 15.1. The third-order valence-corrected chi connectivity index (χ3v) is 4.17. The van der Waals surface area contributed by atoms with Crippen LogP contribution in [0.5, 0.6) is 5.75 Å². The number of aromatic nitrogens is 1. The molecule has 1 amide bonds. The van der Waals surface area contributed by atoms with E-state index < -0.39 is 0 Å². The third-order valence-electron chi connectivity index (χ3n) is 4.17. The number of benzene rings is 2. The average molecular weight is 350 g/mol. The topological polar surface area (TPSA) is 71.2 Å². The summed E-state index contributed by atoms with van der Waals surface area (Å²) in [6.07, 6.45) is 0. The molecule has 0 atom stereocenters. The molecule has 26 heavy (non-hydrogen) atoms. The van der Waals surface area contributed by atoms with E-state index in [0.29, 0.717) is 17.0 Å². The van der Waals surface area contributed by atoms with Gasteiger partial charge in [0.2, 0.25) is 5.56 Å². The number of ether oxygens (including phenoxy) is 1. The van der Waals surface area contributed by atoms with E-state index in [1.807, 2.05) is 57.2 Å². The van der Waals surface area contributed by atoms with Crippen molar-refractivity contribution in [3.63, 3.8) is 0 Å². The Hall–Kier alpha value is -3.08. The Balaban J connectivity index is 1.73.